The monoisotopic (exact) mass is 360 g/mol. The number of H-pyrrole nitrogens is 2. The Morgan fingerprint density at radius 1 is 0.692 bits per heavy atom. The number of aromatic amines is 2. The summed E-state index contributed by atoms with van der Waals surface area (Å²) in [5.74, 6) is 0. The van der Waals surface area contributed by atoms with Gasteiger partial charge in [-0.3, -0.25) is 28.7 Å². The van der Waals surface area contributed by atoms with Gasteiger partial charge in [-0.25, -0.2) is 19.6 Å². The van der Waals surface area contributed by atoms with Crippen molar-refractivity contribution in [2.45, 2.75) is 0 Å². The first-order valence-corrected chi connectivity index (χ1v) is 7.43. The molecule has 0 saturated heterocycles. The Balaban J connectivity index is 0.000000151. The van der Waals surface area contributed by atoms with Crippen LogP contribution in [0.4, 0.5) is 0 Å². The molecule has 0 bridgehead atoms. The van der Waals surface area contributed by atoms with E-state index in [9.17, 15) is 19.2 Å². The number of nitrogens with zero attached hydrogens (tertiary/aromatic N) is 6. The summed E-state index contributed by atoms with van der Waals surface area (Å²) in [4.78, 5) is 58.0. The summed E-state index contributed by atoms with van der Waals surface area (Å²) in [6, 6.07) is 0. The number of aryl methyl sites for hydroxylation is 2. The third kappa shape index (κ3) is 2.56. The fourth-order valence-electron chi connectivity index (χ4n) is 2.42. The Morgan fingerprint density at radius 2 is 1.04 bits per heavy atom. The average molecular weight is 360 g/mol. The molecule has 0 aromatic carbocycles. The van der Waals surface area contributed by atoms with Gasteiger partial charge in [-0.05, 0) is 0 Å². The molecule has 4 aromatic heterocycles. The van der Waals surface area contributed by atoms with Crippen molar-refractivity contribution in [1.82, 2.24) is 38.2 Å². The van der Waals surface area contributed by atoms with Crippen LogP contribution in [-0.4, -0.2) is 38.2 Å². The molecule has 0 unspecified atom stereocenters. The Kier molecular flexibility index (Phi) is 3.94. The molecule has 2 N–H and O–H groups in total. The minimum Gasteiger partial charge on any atom is -0.328 e. The second-order valence-electron chi connectivity index (χ2n) is 5.69. The second kappa shape index (κ2) is 5.98. The van der Waals surface area contributed by atoms with Crippen LogP contribution in [0.3, 0.4) is 0 Å². The van der Waals surface area contributed by atoms with E-state index >= 15 is 0 Å². The minimum atomic E-state index is -0.448. The number of fused-ring (bicyclic) bond motifs is 2. The van der Waals surface area contributed by atoms with Crippen molar-refractivity contribution < 1.29 is 0 Å². The van der Waals surface area contributed by atoms with E-state index in [-0.39, 0.29) is 11.1 Å². The number of hydrogen-bond acceptors (Lipinski definition) is 6. The van der Waals surface area contributed by atoms with Gasteiger partial charge >= 0.3 is 11.4 Å². The van der Waals surface area contributed by atoms with Crippen LogP contribution in [0.2, 0.25) is 0 Å². The highest BCUT2D eigenvalue weighted by molar-refractivity contribution is 5.69. The molecule has 0 spiro atoms. The molecule has 0 atom stereocenters. The van der Waals surface area contributed by atoms with E-state index in [2.05, 4.69) is 19.9 Å². The van der Waals surface area contributed by atoms with E-state index in [0.29, 0.717) is 22.3 Å². The number of rotatable bonds is 0. The van der Waals surface area contributed by atoms with E-state index in [1.165, 1.54) is 26.7 Å². The van der Waals surface area contributed by atoms with Gasteiger partial charge in [0.15, 0.2) is 22.3 Å². The Labute approximate surface area is 144 Å². The molecular formula is C14H16N8O4. The molecule has 26 heavy (non-hydrogen) atoms. The first kappa shape index (κ1) is 17.1. The van der Waals surface area contributed by atoms with Gasteiger partial charge in [-0.15, -0.1) is 0 Å². The largest absolute Gasteiger partial charge is 0.329 e. The quantitative estimate of drug-likeness (QED) is 0.368. The smallest absolute Gasteiger partial charge is 0.328 e. The van der Waals surface area contributed by atoms with Crippen LogP contribution in [0, 0.1) is 0 Å². The van der Waals surface area contributed by atoms with Crippen LogP contribution in [0.25, 0.3) is 22.3 Å². The molecular weight excluding hydrogens is 344 g/mol. The summed E-state index contributed by atoms with van der Waals surface area (Å²) in [6.07, 6.45) is 2.98. The van der Waals surface area contributed by atoms with Gasteiger partial charge in [0.05, 0.1) is 12.7 Å². The summed E-state index contributed by atoms with van der Waals surface area (Å²) in [5.41, 5.74) is -0.0969. The molecule has 4 rings (SSSR count). The molecule has 0 aliphatic carbocycles. The number of imidazole rings is 2. The molecule has 4 aromatic rings. The molecule has 0 radical (unpaired) electrons. The second-order valence-corrected chi connectivity index (χ2v) is 5.69. The third-order valence-electron chi connectivity index (χ3n) is 3.95. The maximum atomic E-state index is 11.5. The summed E-state index contributed by atoms with van der Waals surface area (Å²) in [7, 11) is 6.26. The zero-order valence-electron chi connectivity index (χ0n) is 14.5. The standard InChI is InChI=1S/2C7H8N4O2/c2*1-10-3-8-5-4(10)6(12)11(2)7(13)9-5/h2*3H,1-2H3,(H,9,13). The highest BCUT2D eigenvalue weighted by Gasteiger charge is 2.08. The molecule has 0 saturated carbocycles. The third-order valence-corrected chi connectivity index (χ3v) is 3.95. The van der Waals surface area contributed by atoms with Crippen LogP contribution in [0.1, 0.15) is 0 Å². The molecule has 0 aliphatic heterocycles. The Morgan fingerprint density at radius 3 is 1.38 bits per heavy atom. The minimum absolute atomic E-state index is 0.329. The van der Waals surface area contributed by atoms with E-state index in [1.54, 1.807) is 23.2 Å². The molecule has 136 valence electrons. The van der Waals surface area contributed by atoms with E-state index in [1.807, 2.05) is 0 Å². The first-order chi connectivity index (χ1) is 12.2. The van der Waals surface area contributed by atoms with E-state index in [4.69, 9.17) is 0 Å². The molecule has 12 nitrogen and oxygen atoms in total. The van der Waals surface area contributed by atoms with Crippen molar-refractivity contribution in [2.75, 3.05) is 0 Å². The molecule has 0 amide bonds. The summed E-state index contributed by atoms with van der Waals surface area (Å²) < 4.78 is 5.19. The van der Waals surface area contributed by atoms with E-state index in [0.717, 1.165) is 9.13 Å². The lowest BCUT2D eigenvalue weighted by atomic mass is 10.5. The highest BCUT2D eigenvalue weighted by atomic mass is 16.2. The Hall–Kier alpha value is -3.70. The van der Waals surface area contributed by atoms with Crippen molar-refractivity contribution in [3.05, 3.63) is 54.3 Å². The molecule has 0 fully saturated rings. The van der Waals surface area contributed by atoms with Gasteiger partial charge in [0.2, 0.25) is 0 Å². The lowest BCUT2D eigenvalue weighted by molar-refractivity contribution is 0.783. The van der Waals surface area contributed by atoms with Crippen LogP contribution in [-0.2, 0) is 28.2 Å². The number of aromatic nitrogens is 8. The van der Waals surface area contributed by atoms with Crippen LogP contribution < -0.4 is 22.5 Å². The lowest BCUT2D eigenvalue weighted by Gasteiger charge is -1.96. The summed E-state index contributed by atoms with van der Waals surface area (Å²) in [6.45, 7) is 0. The zero-order valence-corrected chi connectivity index (χ0v) is 14.5. The molecule has 12 heteroatoms. The van der Waals surface area contributed by atoms with Gasteiger partial charge < -0.3 is 9.13 Å². The summed E-state index contributed by atoms with van der Waals surface area (Å²) in [5, 5.41) is 0. The normalized spacial score (nSPS) is 10.9. The van der Waals surface area contributed by atoms with Crippen molar-refractivity contribution in [1.29, 1.82) is 0 Å². The number of hydrogen-bond donors (Lipinski definition) is 2. The maximum Gasteiger partial charge on any atom is 0.329 e. The van der Waals surface area contributed by atoms with Crippen LogP contribution in [0.15, 0.2) is 31.8 Å². The molecule has 0 aliphatic rings. The number of nitrogens with one attached hydrogen (secondary N) is 2. The fraction of sp³-hybridized carbons (Fsp3) is 0.286. The van der Waals surface area contributed by atoms with Gasteiger partial charge in [-0.1, -0.05) is 0 Å². The van der Waals surface area contributed by atoms with Gasteiger partial charge in [0.1, 0.15) is 0 Å². The fourth-order valence-corrected chi connectivity index (χ4v) is 2.42. The van der Waals surface area contributed by atoms with Crippen molar-refractivity contribution in [2.24, 2.45) is 28.2 Å². The average Bonchev–Trinajstić information content (AvgIpc) is 3.14. The zero-order chi connectivity index (χ0) is 19.2. The maximum absolute atomic E-state index is 11.5. The summed E-state index contributed by atoms with van der Waals surface area (Å²) >= 11 is 0. The first-order valence-electron chi connectivity index (χ1n) is 7.43. The van der Waals surface area contributed by atoms with Gasteiger partial charge in [-0.2, -0.15) is 0 Å². The lowest BCUT2D eigenvalue weighted by Crippen LogP contribution is -2.33. The van der Waals surface area contributed by atoms with Gasteiger partial charge in [0.25, 0.3) is 11.1 Å². The van der Waals surface area contributed by atoms with Gasteiger partial charge in [0, 0.05) is 28.2 Å². The predicted molar refractivity (Wildman–Crippen MR) is 93.2 cm³/mol. The van der Waals surface area contributed by atoms with Crippen molar-refractivity contribution in [3.63, 3.8) is 0 Å². The van der Waals surface area contributed by atoms with Crippen molar-refractivity contribution >= 4 is 22.3 Å². The SMILES string of the molecule is Cn1c(=O)[nH]c2ncn(C)c2c1=O.Cn1c(=O)[nH]c2ncn(C)c2c1=O. The highest BCUT2D eigenvalue weighted by Crippen LogP contribution is 1.99. The Bertz CT molecular complexity index is 1250. The topological polar surface area (TPSA) is 145 Å². The van der Waals surface area contributed by atoms with Crippen LogP contribution in [0.5, 0.6) is 0 Å². The van der Waals surface area contributed by atoms with Crippen molar-refractivity contribution in [3.8, 4) is 0 Å². The van der Waals surface area contributed by atoms with Crippen LogP contribution >= 0.6 is 0 Å². The predicted octanol–water partition coefficient (Wildman–Crippen LogP) is -2.08. The molecule has 4 heterocycles. The van der Waals surface area contributed by atoms with E-state index < -0.39 is 11.4 Å².